The second-order valence-electron chi connectivity index (χ2n) is 3.55. The quantitative estimate of drug-likeness (QED) is 0.684. The molecule has 0 fully saturated rings. The molecule has 4 heteroatoms. The zero-order chi connectivity index (χ0) is 12.5. The fourth-order valence-corrected chi connectivity index (χ4v) is 2.05. The Labute approximate surface area is 105 Å². The molecule has 2 rings (SSSR count). The Bertz CT molecular complexity index is 515. The zero-order valence-electron chi connectivity index (χ0n) is 8.63. The summed E-state index contributed by atoms with van der Waals surface area (Å²) in [4.78, 5) is 0. The summed E-state index contributed by atoms with van der Waals surface area (Å²) in [6, 6.07) is 12.5. The number of hydrogen-bond donors (Lipinski definition) is 0. The lowest BCUT2D eigenvalue weighted by molar-refractivity contribution is -0.137. The van der Waals surface area contributed by atoms with Gasteiger partial charge in [-0.2, -0.15) is 13.2 Å². The van der Waals surface area contributed by atoms with Crippen LogP contribution in [0.1, 0.15) is 5.56 Å². The Kier molecular flexibility index (Phi) is 3.24. The summed E-state index contributed by atoms with van der Waals surface area (Å²) < 4.78 is 38.0. The van der Waals surface area contributed by atoms with E-state index in [0.717, 1.165) is 27.7 Å². The van der Waals surface area contributed by atoms with E-state index >= 15 is 0 Å². The van der Waals surface area contributed by atoms with Crippen molar-refractivity contribution in [3.05, 3.63) is 58.6 Å². The van der Waals surface area contributed by atoms with Crippen LogP contribution >= 0.6 is 15.9 Å². The van der Waals surface area contributed by atoms with Crippen LogP contribution in [-0.2, 0) is 6.18 Å². The van der Waals surface area contributed by atoms with E-state index in [-0.39, 0.29) is 0 Å². The first-order chi connectivity index (χ1) is 7.98. The highest BCUT2D eigenvalue weighted by molar-refractivity contribution is 9.10. The van der Waals surface area contributed by atoms with Crippen molar-refractivity contribution >= 4 is 15.9 Å². The highest BCUT2D eigenvalue weighted by Gasteiger charge is 2.29. The van der Waals surface area contributed by atoms with Gasteiger partial charge in [-0.15, -0.1) is 0 Å². The van der Waals surface area contributed by atoms with E-state index in [1.165, 1.54) is 12.1 Å². The first-order valence-corrected chi connectivity index (χ1v) is 5.70. The van der Waals surface area contributed by atoms with Crippen molar-refractivity contribution in [2.45, 2.75) is 6.18 Å². The second kappa shape index (κ2) is 4.53. The molecule has 0 saturated heterocycles. The Morgan fingerprint density at radius 2 is 1.41 bits per heavy atom. The summed E-state index contributed by atoms with van der Waals surface area (Å²) in [6.45, 7) is 0. The van der Waals surface area contributed by atoms with Gasteiger partial charge in [-0.3, -0.25) is 0 Å². The van der Waals surface area contributed by atoms with Crippen molar-refractivity contribution in [1.29, 1.82) is 0 Å². The summed E-state index contributed by atoms with van der Waals surface area (Å²) in [5.74, 6) is 0. The average molecular weight is 301 g/mol. The van der Waals surface area contributed by atoms with Crippen LogP contribution in [0.2, 0.25) is 0 Å². The maximum atomic E-state index is 12.4. The number of rotatable bonds is 1. The van der Waals surface area contributed by atoms with Gasteiger partial charge in [-0.05, 0) is 29.3 Å². The van der Waals surface area contributed by atoms with E-state index in [0.29, 0.717) is 0 Å². The average Bonchev–Trinajstić information content (AvgIpc) is 2.29. The van der Waals surface area contributed by atoms with Gasteiger partial charge in [0.05, 0.1) is 5.56 Å². The Morgan fingerprint density at radius 1 is 0.824 bits per heavy atom. The lowest BCUT2D eigenvalue weighted by Gasteiger charge is -2.08. The fraction of sp³-hybridized carbons (Fsp3) is 0.0769. The topological polar surface area (TPSA) is 0 Å². The molecule has 88 valence electrons. The minimum atomic E-state index is -4.29. The van der Waals surface area contributed by atoms with Crippen LogP contribution in [-0.4, -0.2) is 0 Å². The largest absolute Gasteiger partial charge is 0.416 e. The molecule has 0 N–H and O–H groups in total. The van der Waals surface area contributed by atoms with Crippen LogP contribution < -0.4 is 0 Å². The predicted octanol–water partition coefficient (Wildman–Crippen LogP) is 5.13. The van der Waals surface area contributed by atoms with Gasteiger partial charge in [0, 0.05) is 4.47 Å². The van der Waals surface area contributed by atoms with Crippen molar-refractivity contribution in [1.82, 2.24) is 0 Å². The van der Waals surface area contributed by atoms with E-state index in [9.17, 15) is 13.2 Å². The molecule has 0 spiro atoms. The molecule has 0 heterocycles. The van der Waals surface area contributed by atoms with Crippen molar-refractivity contribution in [3.63, 3.8) is 0 Å². The van der Waals surface area contributed by atoms with Gasteiger partial charge in [0.2, 0.25) is 0 Å². The first kappa shape index (κ1) is 12.2. The molecule has 0 saturated carbocycles. The van der Waals surface area contributed by atoms with Gasteiger partial charge < -0.3 is 0 Å². The lowest BCUT2D eigenvalue weighted by atomic mass is 10.0. The van der Waals surface area contributed by atoms with Crippen LogP contribution in [0, 0.1) is 0 Å². The predicted molar refractivity (Wildman–Crippen MR) is 64.6 cm³/mol. The zero-order valence-corrected chi connectivity index (χ0v) is 10.2. The second-order valence-corrected chi connectivity index (χ2v) is 4.41. The normalized spacial score (nSPS) is 11.5. The molecule has 0 nitrogen and oxygen atoms in total. The standard InChI is InChI=1S/C13H8BrF3/c14-12-4-2-1-3-11(12)9-5-7-10(8-6-9)13(15,16)17/h1-8H. The highest BCUT2D eigenvalue weighted by atomic mass is 79.9. The molecule has 0 atom stereocenters. The molecular weight excluding hydrogens is 293 g/mol. The van der Waals surface area contributed by atoms with Crippen molar-refractivity contribution in [3.8, 4) is 11.1 Å². The molecule has 0 bridgehead atoms. The van der Waals surface area contributed by atoms with Gasteiger partial charge in [0.25, 0.3) is 0 Å². The van der Waals surface area contributed by atoms with E-state index < -0.39 is 11.7 Å². The Hall–Kier alpha value is -1.29. The third-order valence-corrected chi connectivity index (χ3v) is 3.09. The van der Waals surface area contributed by atoms with Crippen LogP contribution in [0.4, 0.5) is 13.2 Å². The van der Waals surface area contributed by atoms with E-state index in [1.54, 1.807) is 0 Å². The first-order valence-electron chi connectivity index (χ1n) is 4.90. The van der Waals surface area contributed by atoms with Crippen LogP contribution in [0.25, 0.3) is 11.1 Å². The summed E-state index contributed by atoms with van der Waals surface area (Å²) in [6.07, 6.45) is -4.29. The third-order valence-electron chi connectivity index (χ3n) is 2.40. The van der Waals surface area contributed by atoms with Crippen molar-refractivity contribution in [2.75, 3.05) is 0 Å². The minimum absolute atomic E-state index is 0.631. The van der Waals surface area contributed by atoms with Crippen molar-refractivity contribution in [2.24, 2.45) is 0 Å². The summed E-state index contributed by atoms with van der Waals surface area (Å²) in [5, 5.41) is 0. The fourth-order valence-electron chi connectivity index (χ4n) is 1.53. The van der Waals surface area contributed by atoms with Crippen LogP contribution in [0.15, 0.2) is 53.0 Å². The molecule has 0 aliphatic rings. The van der Waals surface area contributed by atoms with Crippen LogP contribution in [0.5, 0.6) is 0 Å². The SMILES string of the molecule is FC(F)(F)c1ccc(-c2ccccc2Br)cc1. The van der Waals surface area contributed by atoms with Gasteiger partial charge in [-0.25, -0.2) is 0 Å². The summed E-state index contributed by atoms with van der Waals surface area (Å²) in [5.41, 5.74) is 1.00. The molecule has 0 radical (unpaired) electrons. The smallest absolute Gasteiger partial charge is 0.166 e. The molecular formula is C13H8BrF3. The van der Waals surface area contributed by atoms with Crippen molar-refractivity contribution < 1.29 is 13.2 Å². The summed E-state index contributed by atoms with van der Waals surface area (Å²) >= 11 is 3.37. The number of alkyl halides is 3. The summed E-state index contributed by atoms with van der Waals surface area (Å²) in [7, 11) is 0. The lowest BCUT2D eigenvalue weighted by Crippen LogP contribution is -2.03. The molecule has 0 aliphatic carbocycles. The Morgan fingerprint density at radius 3 is 1.94 bits per heavy atom. The number of hydrogen-bond acceptors (Lipinski definition) is 0. The van der Waals surface area contributed by atoms with E-state index in [2.05, 4.69) is 15.9 Å². The molecule has 2 aromatic carbocycles. The molecule has 0 amide bonds. The maximum Gasteiger partial charge on any atom is 0.416 e. The Balaban J connectivity index is 2.40. The molecule has 17 heavy (non-hydrogen) atoms. The molecule has 2 aromatic rings. The molecule has 0 aromatic heterocycles. The van der Waals surface area contributed by atoms with Gasteiger partial charge in [0.1, 0.15) is 0 Å². The van der Waals surface area contributed by atoms with Gasteiger partial charge >= 0.3 is 6.18 Å². The number of benzene rings is 2. The minimum Gasteiger partial charge on any atom is -0.166 e. The monoisotopic (exact) mass is 300 g/mol. The van der Waals surface area contributed by atoms with Crippen LogP contribution in [0.3, 0.4) is 0 Å². The number of halogens is 4. The maximum absolute atomic E-state index is 12.4. The molecule has 0 aliphatic heterocycles. The third kappa shape index (κ3) is 2.69. The highest BCUT2D eigenvalue weighted by Crippen LogP contribution is 2.32. The van der Waals surface area contributed by atoms with E-state index in [1.807, 2.05) is 24.3 Å². The van der Waals surface area contributed by atoms with Gasteiger partial charge in [0.15, 0.2) is 0 Å². The van der Waals surface area contributed by atoms with Gasteiger partial charge in [-0.1, -0.05) is 46.3 Å². The van der Waals surface area contributed by atoms with E-state index in [4.69, 9.17) is 0 Å². The molecule has 0 unspecified atom stereocenters.